The monoisotopic (exact) mass is 293 g/mol. The van der Waals surface area contributed by atoms with Gasteiger partial charge in [-0.1, -0.05) is 24.3 Å². The molecule has 0 heterocycles. The van der Waals surface area contributed by atoms with Gasteiger partial charge in [-0.05, 0) is 38.8 Å². The van der Waals surface area contributed by atoms with Crippen molar-refractivity contribution < 1.29 is 19.4 Å². The number of carboxylic acids is 1. The number of carboxylic acid groups (broad SMARTS) is 1. The predicted molar refractivity (Wildman–Crippen MR) is 80.1 cm³/mol. The predicted octanol–water partition coefficient (Wildman–Crippen LogP) is 3.07. The number of rotatable bonds is 5. The standard InChI is InChI=1S/C16H23NO4/c1-5-17(15(20)21-16(2,3)4)11-13-8-6-12(7-9-13)10-14(18)19/h6-9H,5,10-11H2,1-4H3,(H,18,19). The Morgan fingerprint density at radius 1 is 1.14 bits per heavy atom. The van der Waals surface area contributed by atoms with Crippen LogP contribution < -0.4 is 0 Å². The lowest BCUT2D eigenvalue weighted by Crippen LogP contribution is -2.36. The third-order valence-electron chi connectivity index (χ3n) is 2.79. The zero-order valence-electron chi connectivity index (χ0n) is 13.0. The first-order valence-corrected chi connectivity index (χ1v) is 6.99. The first-order valence-electron chi connectivity index (χ1n) is 6.99. The summed E-state index contributed by atoms with van der Waals surface area (Å²) in [6.45, 7) is 8.38. The van der Waals surface area contributed by atoms with Crippen LogP contribution in [0.1, 0.15) is 38.8 Å². The Labute approximate surface area is 125 Å². The van der Waals surface area contributed by atoms with Crippen LogP contribution in [0, 0.1) is 0 Å². The fraction of sp³-hybridized carbons (Fsp3) is 0.500. The zero-order chi connectivity index (χ0) is 16.0. The Hall–Kier alpha value is -2.04. The lowest BCUT2D eigenvalue weighted by atomic mass is 10.1. The largest absolute Gasteiger partial charge is 0.481 e. The number of nitrogens with zero attached hydrogens (tertiary/aromatic N) is 1. The molecule has 1 rings (SSSR count). The van der Waals surface area contributed by atoms with Gasteiger partial charge >= 0.3 is 12.1 Å². The molecule has 0 aromatic heterocycles. The summed E-state index contributed by atoms with van der Waals surface area (Å²) in [5.74, 6) is -0.855. The van der Waals surface area contributed by atoms with E-state index in [1.807, 2.05) is 39.8 Å². The number of ether oxygens (including phenoxy) is 1. The molecule has 0 bridgehead atoms. The molecule has 1 aromatic rings. The van der Waals surface area contributed by atoms with Crippen LogP contribution in [0.4, 0.5) is 4.79 Å². The van der Waals surface area contributed by atoms with E-state index in [-0.39, 0.29) is 12.5 Å². The van der Waals surface area contributed by atoms with Gasteiger partial charge in [0.15, 0.2) is 0 Å². The Morgan fingerprint density at radius 3 is 2.10 bits per heavy atom. The maximum absolute atomic E-state index is 12.0. The highest BCUT2D eigenvalue weighted by atomic mass is 16.6. The van der Waals surface area contributed by atoms with Crippen molar-refractivity contribution in [1.82, 2.24) is 4.90 Å². The van der Waals surface area contributed by atoms with Gasteiger partial charge in [0, 0.05) is 13.1 Å². The number of hydrogen-bond donors (Lipinski definition) is 1. The molecule has 1 N–H and O–H groups in total. The van der Waals surface area contributed by atoms with Crippen LogP contribution in [-0.2, 0) is 22.5 Å². The van der Waals surface area contributed by atoms with Gasteiger partial charge in [0.25, 0.3) is 0 Å². The summed E-state index contributed by atoms with van der Waals surface area (Å²) < 4.78 is 5.35. The van der Waals surface area contributed by atoms with E-state index in [9.17, 15) is 9.59 Å². The van der Waals surface area contributed by atoms with E-state index < -0.39 is 11.6 Å². The number of aliphatic carboxylic acids is 1. The third-order valence-corrected chi connectivity index (χ3v) is 2.79. The summed E-state index contributed by atoms with van der Waals surface area (Å²) in [7, 11) is 0. The molecule has 0 spiro atoms. The second-order valence-electron chi connectivity index (χ2n) is 5.88. The SMILES string of the molecule is CCN(Cc1ccc(CC(=O)O)cc1)C(=O)OC(C)(C)C. The molecular formula is C16H23NO4. The molecule has 0 saturated heterocycles. The molecule has 5 heteroatoms. The first-order chi connectivity index (χ1) is 9.71. The van der Waals surface area contributed by atoms with Crippen LogP contribution in [0.25, 0.3) is 0 Å². The molecule has 0 atom stereocenters. The number of hydrogen-bond acceptors (Lipinski definition) is 3. The maximum atomic E-state index is 12.0. The topological polar surface area (TPSA) is 66.8 Å². The molecule has 0 aliphatic heterocycles. The fourth-order valence-electron chi connectivity index (χ4n) is 1.79. The summed E-state index contributed by atoms with van der Waals surface area (Å²) in [6, 6.07) is 7.22. The van der Waals surface area contributed by atoms with E-state index in [1.54, 1.807) is 17.0 Å². The van der Waals surface area contributed by atoms with Crippen molar-refractivity contribution in [3.8, 4) is 0 Å². The first kappa shape index (κ1) is 17.0. The van der Waals surface area contributed by atoms with Gasteiger partial charge in [0.1, 0.15) is 5.60 Å². The molecule has 0 aliphatic carbocycles. The minimum absolute atomic E-state index is 0.00381. The molecule has 0 aliphatic rings. The summed E-state index contributed by atoms with van der Waals surface area (Å²) in [5, 5.41) is 8.73. The smallest absolute Gasteiger partial charge is 0.410 e. The van der Waals surface area contributed by atoms with Crippen LogP contribution >= 0.6 is 0 Å². The van der Waals surface area contributed by atoms with Crippen molar-refractivity contribution in [2.45, 2.75) is 46.3 Å². The minimum atomic E-state index is -0.855. The lowest BCUT2D eigenvalue weighted by molar-refractivity contribution is -0.136. The average molecular weight is 293 g/mol. The van der Waals surface area contributed by atoms with Crippen molar-refractivity contribution in [2.24, 2.45) is 0 Å². The highest BCUT2D eigenvalue weighted by Crippen LogP contribution is 2.13. The highest BCUT2D eigenvalue weighted by molar-refractivity contribution is 5.70. The van der Waals surface area contributed by atoms with E-state index in [4.69, 9.17) is 9.84 Å². The molecule has 0 unspecified atom stereocenters. The summed E-state index contributed by atoms with van der Waals surface area (Å²) in [5.41, 5.74) is 1.17. The molecule has 1 amide bonds. The van der Waals surface area contributed by atoms with Crippen LogP contribution in [-0.4, -0.2) is 34.2 Å². The van der Waals surface area contributed by atoms with Crippen LogP contribution in [0.2, 0.25) is 0 Å². The van der Waals surface area contributed by atoms with Gasteiger partial charge in [-0.2, -0.15) is 0 Å². The summed E-state index contributed by atoms with van der Waals surface area (Å²) in [4.78, 5) is 24.3. The summed E-state index contributed by atoms with van der Waals surface area (Å²) >= 11 is 0. The van der Waals surface area contributed by atoms with Gasteiger partial charge in [-0.3, -0.25) is 4.79 Å². The van der Waals surface area contributed by atoms with Gasteiger partial charge in [-0.15, -0.1) is 0 Å². The third kappa shape index (κ3) is 6.29. The average Bonchev–Trinajstić information content (AvgIpc) is 2.35. The summed E-state index contributed by atoms with van der Waals surface area (Å²) in [6.07, 6.45) is -0.344. The van der Waals surface area contributed by atoms with E-state index in [1.165, 1.54) is 0 Å². The molecule has 116 valence electrons. The Balaban J connectivity index is 2.69. The maximum Gasteiger partial charge on any atom is 0.410 e. The normalized spacial score (nSPS) is 11.0. The number of amides is 1. The van der Waals surface area contributed by atoms with E-state index in [0.717, 1.165) is 11.1 Å². The molecule has 0 fully saturated rings. The fourth-order valence-corrected chi connectivity index (χ4v) is 1.79. The second-order valence-corrected chi connectivity index (χ2v) is 5.88. The number of benzene rings is 1. The Morgan fingerprint density at radius 2 is 1.67 bits per heavy atom. The Bertz CT molecular complexity index is 488. The zero-order valence-corrected chi connectivity index (χ0v) is 13.0. The molecule has 1 aromatic carbocycles. The molecule has 0 radical (unpaired) electrons. The van der Waals surface area contributed by atoms with Crippen LogP contribution in [0.5, 0.6) is 0 Å². The van der Waals surface area contributed by atoms with Gasteiger partial charge < -0.3 is 14.7 Å². The quantitative estimate of drug-likeness (QED) is 0.906. The van der Waals surface area contributed by atoms with Crippen molar-refractivity contribution >= 4 is 12.1 Å². The van der Waals surface area contributed by atoms with Crippen molar-refractivity contribution in [3.05, 3.63) is 35.4 Å². The second kappa shape index (κ2) is 7.11. The number of carbonyl (C=O) groups is 2. The van der Waals surface area contributed by atoms with Gasteiger partial charge in [-0.25, -0.2) is 4.79 Å². The molecule has 0 saturated carbocycles. The molecule has 5 nitrogen and oxygen atoms in total. The van der Waals surface area contributed by atoms with Crippen LogP contribution in [0.15, 0.2) is 24.3 Å². The lowest BCUT2D eigenvalue weighted by Gasteiger charge is -2.26. The van der Waals surface area contributed by atoms with E-state index >= 15 is 0 Å². The van der Waals surface area contributed by atoms with Crippen LogP contribution in [0.3, 0.4) is 0 Å². The molecular weight excluding hydrogens is 270 g/mol. The highest BCUT2D eigenvalue weighted by Gasteiger charge is 2.21. The van der Waals surface area contributed by atoms with Crippen molar-refractivity contribution in [3.63, 3.8) is 0 Å². The Kier molecular flexibility index (Phi) is 5.76. The van der Waals surface area contributed by atoms with E-state index in [2.05, 4.69) is 0 Å². The van der Waals surface area contributed by atoms with Gasteiger partial charge in [0.2, 0.25) is 0 Å². The number of carbonyl (C=O) groups excluding carboxylic acids is 1. The minimum Gasteiger partial charge on any atom is -0.481 e. The van der Waals surface area contributed by atoms with Crippen molar-refractivity contribution in [1.29, 1.82) is 0 Å². The van der Waals surface area contributed by atoms with Gasteiger partial charge in [0.05, 0.1) is 6.42 Å². The molecule has 21 heavy (non-hydrogen) atoms. The van der Waals surface area contributed by atoms with E-state index in [0.29, 0.717) is 13.1 Å². The van der Waals surface area contributed by atoms with Crippen molar-refractivity contribution in [2.75, 3.05) is 6.54 Å².